The molecular formula is C22H23N3O3. The number of carbonyl (C=O) groups is 3. The van der Waals surface area contributed by atoms with E-state index in [0.29, 0.717) is 30.6 Å². The lowest BCUT2D eigenvalue weighted by molar-refractivity contribution is -0.128. The van der Waals surface area contributed by atoms with E-state index in [1.165, 1.54) is 0 Å². The lowest BCUT2D eigenvalue weighted by Crippen LogP contribution is -2.36. The van der Waals surface area contributed by atoms with Crippen LogP contribution in [0.5, 0.6) is 0 Å². The largest absolute Gasteiger partial charge is 0.366 e. The second kappa shape index (κ2) is 7.46. The summed E-state index contributed by atoms with van der Waals surface area (Å²) in [6.07, 6.45) is 3.06. The summed E-state index contributed by atoms with van der Waals surface area (Å²) < 4.78 is 0. The van der Waals surface area contributed by atoms with Crippen molar-refractivity contribution in [2.75, 3.05) is 18.0 Å². The Balaban J connectivity index is 1.55. The van der Waals surface area contributed by atoms with Gasteiger partial charge in [0, 0.05) is 42.9 Å². The first kappa shape index (κ1) is 18.2. The summed E-state index contributed by atoms with van der Waals surface area (Å²) in [6, 6.07) is 12.8. The zero-order chi connectivity index (χ0) is 19.7. The molecule has 0 radical (unpaired) electrons. The van der Waals surface area contributed by atoms with Crippen molar-refractivity contribution in [2.24, 2.45) is 5.73 Å². The first-order chi connectivity index (χ1) is 13.5. The fraction of sp³-hybridized carbons (Fsp3) is 0.318. The van der Waals surface area contributed by atoms with Crippen molar-refractivity contribution in [3.8, 4) is 0 Å². The molecule has 6 heteroatoms. The van der Waals surface area contributed by atoms with Gasteiger partial charge in [-0.15, -0.1) is 0 Å². The number of hydrogen-bond acceptors (Lipinski definition) is 3. The minimum Gasteiger partial charge on any atom is -0.366 e. The summed E-state index contributed by atoms with van der Waals surface area (Å²) in [5.74, 6) is -0.367. The molecule has 0 unspecified atom stereocenters. The quantitative estimate of drug-likeness (QED) is 0.889. The van der Waals surface area contributed by atoms with Gasteiger partial charge < -0.3 is 15.5 Å². The maximum atomic E-state index is 13.1. The van der Waals surface area contributed by atoms with Gasteiger partial charge in [-0.1, -0.05) is 18.2 Å². The molecule has 2 aromatic rings. The van der Waals surface area contributed by atoms with Gasteiger partial charge in [-0.25, -0.2) is 0 Å². The third kappa shape index (κ3) is 3.38. The van der Waals surface area contributed by atoms with Crippen molar-refractivity contribution in [1.29, 1.82) is 0 Å². The molecule has 2 heterocycles. The highest BCUT2D eigenvalue weighted by Crippen LogP contribution is 2.31. The number of nitrogens with zero attached hydrogens (tertiary/aromatic N) is 2. The summed E-state index contributed by atoms with van der Waals surface area (Å²) in [5.41, 5.74) is 9.20. The van der Waals surface area contributed by atoms with Crippen molar-refractivity contribution in [2.45, 2.75) is 32.2 Å². The van der Waals surface area contributed by atoms with Crippen LogP contribution in [0.25, 0.3) is 0 Å². The molecule has 0 spiro atoms. The Bertz CT molecular complexity index is 937. The van der Waals surface area contributed by atoms with E-state index in [1.54, 1.807) is 17.0 Å². The molecule has 6 nitrogen and oxygen atoms in total. The number of fused-ring (bicyclic) bond motifs is 1. The van der Waals surface area contributed by atoms with E-state index in [2.05, 4.69) is 0 Å². The first-order valence-electron chi connectivity index (χ1n) is 9.65. The number of rotatable bonds is 4. The molecule has 2 aliphatic rings. The van der Waals surface area contributed by atoms with E-state index >= 15 is 0 Å². The molecule has 2 aromatic carbocycles. The van der Waals surface area contributed by atoms with Gasteiger partial charge in [-0.05, 0) is 54.7 Å². The van der Waals surface area contributed by atoms with Crippen LogP contribution in [-0.2, 0) is 17.8 Å². The molecule has 144 valence electrons. The molecule has 0 saturated carbocycles. The molecule has 1 fully saturated rings. The van der Waals surface area contributed by atoms with E-state index in [0.717, 1.165) is 42.6 Å². The fourth-order valence-corrected chi connectivity index (χ4v) is 4.07. The van der Waals surface area contributed by atoms with Crippen molar-refractivity contribution < 1.29 is 14.4 Å². The molecule has 0 aromatic heterocycles. The highest BCUT2D eigenvalue weighted by molar-refractivity contribution is 6.08. The average Bonchev–Trinajstić information content (AvgIpc) is 3.11. The summed E-state index contributed by atoms with van der Waals surface area (Å²) in [5, 5.41) is 0. The lowest BCUT2D eigenvalue weighted by Gasteiger charge is -2.30. The second-order valence-electron chi connectivity index (χ2n) is 7.34. The van der Waals surface area contributed by atoms with Gasteiger partial charge >= 0.3 is 0 Å². The third-order valence-electron chi connectivity index (χ3n) is 5.51. The Morgan fingerprint density at radius 1 is 0.964 bits per heavy atom. The SMILES string of the molecule is NC(=O)c1cccc2c1CCCN2C(=O)c1ccc(CN2CCCC2=O)cc1. The van der Waals surface area contributed by atoms with E-state index in [4.69, 9.17) is 5.73 Å². The summed E-state index contributed by atoms with van der Waals surface area (Å²) in [6.45, 7) is 1.99. The van der Waals surface area contributed by atoms with Crippen LogP contribution in [0.4, 0.5) is 5.69 Å². The van der Waals surface area contributed by atoms with Crippen LogP contribution in [0, 0.1) is 0 Å². The molecule has 0 atom stereocenters. The number of nitrogens with two attached hydrogens (primary N) is 1. The maximum absolute atomic E-state index is 13.1. The van der Waals surface area contributed by atoms with Gasteiger partial charge in [-0.2, -0.15) is 0 Å². The Morgan fingerprint density at radius 2 is 1.71 bits per heavy atom. The zero-order valence-corrected chi connectivity index (χ0v) is 15.7. The summed E-state index contributed by atoms with van der Waals surface area (Å²) >= 11 is 0. The van der Waals surface area contributed by atoms with Crippen molar-refractivity contribution >= 4 is 23.4 Å². The molecule has 4 rings (SSSR count). The number of carbonyl (C=O) groups excluding carboxylic acids is 3. The van der Waals surface area contributed by atoms with Gasteiger partial charge in [0.05, 0.1) is 0 Å². The Kier molecular flexibility index (Phi) is 4.86. The van der Waals surface area contributed by atoms with Crippen molar-refractivity contribution in [3.63, 3.8) is 0 Å². The maximum Gasteiger partial charge on any atom is 0.258 e. The van der Waals surface area contributed by atoms with Crippen molar-refractivity contribution in [1.82, 2.24) is 4.90 Å². The smallest absolute Gasteiger partial charge is 0.258 e. The minimum absolute atomic E-state index is 0.0913. The number of primary amides is 1. The van der Waals surface area contributed by atoms with Gasteiger partial charge in [0.1, 0.15) is 0 Å². The summed E-state index contributed by atoms with van der Waals surface area (Å²) in [4.78, 5) is 40.2. The molecule has 2 aliphatic heterocycles. The van der Waals surface area contributed by atoms with E-state index in [1.807, 2.05) is 35.2 Å². The van der Waals surface area contributed by atoms with E-state index < -0.39 is 5.91 Å². The van der Waals surface area contributed by atoms with Crippen LogP contribution < -0.4 is 10.6 Å². The minimum atomic E-state index is -0.466. The Labute approximate surface area is 163 Å². The van der Waals surface area contributed by atoms with Gasteiger partial charge in [0.15, 0.2) is 0 Å². The molecule has 1 saturated heterocycles. The Hall–Kier alpha value is -3.15. The number of likely N-dealkylation sites (tertiary alicyclic amines) is 1. The van der Waals surface area contributed by atoms with Crippen LogP contribution in [0.3, 0.4) is 0 Å². The zero-order valence-electron chi connectivity index (χ0n) is 15.7. The molecule has 0 bridgehead atoms. The fourth-order valence-electron chi connectivity index (χ4n) is 4.07. The molecule has 28 heavy (non-hydrogen) atoms. The normalized spacial score (nSPS) is 16.2. The number of amides is 3. The lowest BCUT2D eigenvalue weighted by atomic mass is 9.95. The predicted molar refractivity (Wildman–Crippen MR) is 106 cm³/mol. The van der Waals surface area contributed by atoms with Gasteiger partial charge in [0.25, 0.3) is 5.91 Å². The number of hydrogen-bond donors (Lipinski definition) is 1. The predicted octanol–water partition coefficient (Wildman–Crippen LogP) is 2.50. The highest BCUT2D eigenvalue weighted by Gasteiger charge is 2.26. The highest BCUT2D eigenvalue weighted by atomic mass is 16.2. The molecule has 3 amide bonds. The molecule has 0 aliphatic carbocycles. The number of anilines is 1. The van der Waals surface area contributed by atoms with Crippen LogP contribution in [0.2, 0.25) is 0 Å². The van der Waals surface area contributed by atoms with E-state index in [9.17, 15) is 14.4 Å². The van der Waals surface area contributed by atoms with E-state index in [-0.39, 0.29) is 11.8 Å². The third-order valence-corrected chi connectivity index (χ3v) is 5.51. The van der Waals surface area contributed by atoms with Crippen molar-refractivity contribution in [3.05, 3.63) is 64.7 Å². The molecular weight excluding hydrogens is 354 g/mol. The Morgan fingerprint density at radius 3 is 2.39 bits per heavy atom. The van der Waals surface area contributed by atoms with Crippen LogP contribution >= 0.6 is 0 Å². The van der Waals surface area contributed by atoms with Crippen LogP contribution in [0.1, 0.15) is 51.1 Å². The first-order valence-corrected chi connectivity index (χ1v) is 9.65. The standard InChI is InChI=1S/C22H23N3O3/c23-21(27)18-4-1-6-19-17(18)5-2-13-25(19)22(28)16-10-8-15(9-11-16)14-24-12-3-7-20(24)26/h1,4,6,8-11H,2-3,5,7,12-14H2,(H2,23,27). The van der Waals surface area contributed by atoms with Crippen LogP contribution in [-0.4, -0.2) is 35.7 Å². The second-order valence-corrected chi connectivity index (χ2v) is 7.34. The van der Waals surface area contributed by atoms with Gasteiger partial charge in [0.2, 0.25) is 11.8 Å². The molecule has 2 N–H and O–H groups in total. The topological polar surface area (TPSA) is 83.7 Å². The van der Waals surface area contributed by atoms with Gasteiger partial charge in [-0.3, -0.25) is 14.4 Å². The summed E-state index contributed by atoms with van der Waals surface area (Å²) in [7, 11) is 0. The van der Waals surface area contributed by atoms with Crippen LogP contribution in [0.15, 0.2) is 42.5 Å². The monoisotopic (exact) mass is 377 g/mol. The number of benzene rings is 2. The average molecular weight is 377 g/mol.